The molecule has 4 aromatic heterocycles. The molecule has 0 bridgehead atoms. The van der Waals surface area contributed by atoms with Crippen LogP contribution in [0.3, 0.4) is 0 Å². The van der Waals surface area contributed by atoms with Gasteiger partial charge in [-0.05, 0) is 43.3 Å². The summed E-state index contributed by atoms with van der Waals surface area (Å²) in [4.78, 5) is 33.7. The molecule has 0 aliphatic carbocycles. The SMILES string of the molecule is CN1CC=C(c2cc(C(=O)Nc3cc4nc(-c5cncs5)ccc4cn3)ccn2)CC1. The molecule has 8 heteroatoms. The van der Waals surface area contributed by atoms with Gasteiger partial charge in [0.25, 0.3) is 5.91 Å². The number of aromatic nitrogens is 4. The first kappa shape index (κ1) is 19.5. The summed E-state index contributed by atoms with van der Waals surface area (Å²) in [6, 6.07) is 9.27. The smallest absolute Gasteiger partial charge is 0.256 e. The summed E-state index contributed by atoms with van der Waals surface area (Å²) in [7, 11) is 2.09. The number of hydrogen-bond donors (Lipinski definition) is 1. The van der Waals surface area contributed by atoms with E-state index in [4.69, 9.17) is 4.98 Å². The van der Waals surface area contributed by atoms with Gasteiger partial charge in [0, 0.05) is 48.7 Å². The van der Waals surface area contributed by atoms with Crippen molar-refractivity contribution in [3.8, 4) is 10.6 Å². The van der Waals surface area contributed by atoms with E-state index in [2.05, 4.69) is 38.3 Å². The van der Waals surface area contributed by atoms with Gasteiger partial charge in [-0.2, -0.15) is 0 Å². The second-order valence-electron chi connectivity index (χ2n) is 7.45. The Kier molecular flexibility index (Phi) is 5.23. The number of rotatable bonds is 4. The van der Waals surface area contributed by atoms with Gasteiger partial charge in [0.15, 0.2) is 0 Å². The van der Waals surface area contributed by atoms with Crippen molar-refractivity contribution in [2.75, 3.05) is 25.5 Å². The second-order valence-corrected chi connectivity index (χ2v) is 8.34. The maximum atomic E-state index is 12.9. The Balaban J connectivity index is 1.38. The zero-order valence-electron chi connectivity index (χ0n) is 16.9. The highest BCUT2D eigenvalue weighted by Crippen LogP contribution is 2.25. The third-order valence-electron chi connectivity index (χ3n) is 5.26. The molecule has 1 aliphatic rings. The molecule has 0 atom stereocenters. The summed E-state index contributed by atoms with van der Waals surface area (Å²) in [6.07, 6.45) is 8.29. The number of fused-ring (bicyclic) bond motifs is 1. The van der Waals surface area contributed by atoms with E-state index in [1.807, 2.05) is 18.2 Å². The summed E-state index contributed by atoms with van der Waals surface area (Å²) >= 11 is 1.54. The molecule has 0 saturated carbocycles. The van der Waals surface area contributed by atoms with Crippen molar-refractivity contribution in [1.82, 2.24) is 24.8 Å². The van der Waals surface area contributed by atoms with E-state index in [-0.39, 0.29) is 5.91 Å². The predicted octanol–water partition coefficient (Wildman–Crippen LogP) is 4.12. The summed E-state index contributed by atoms with van der Waals surface area (Å²) in [6.45, 7) is 1.88. The van der Waals surface area contributed by atoms with E-state index in [1.54, 1.807) is 36.2 Å². The van der Waals surface area contributed by atoms with Crippen molar-refractivity contribution >= 4 is 39.5 Å². The normalized spacial score (nSPS) is 14.4. The number of nitrogens with zero attached hydrogens (tertiary/aromatic N) is 5. The zero-order valence-corrected chi connectivity index (χ0v) is 17.8. The monoisotopic (exact) mass is 428 g/mol. The molecule has 0 saturated heterocycles. The van der Waals surface area contributed by atoms with Gasteiger partial charge in [-0.3, -0.25) is 14.8 Å². The highest BCUT2D eigenvalue weighted by atomic mass is 32.1. The summed E-state index contributed by atoms with van der Waals surface area (Å²) in [5.41, 5.74) is 5.98. The van der Waals surface area contributed by atoms with Crippen LogP contribution in [0.5, 0.6) is 0 Å². The summed E-state index contributed by atoms with van der Waals surface area (Å²) < 4.78 is 0. The Morgan fingerprint density at radius 1 is 1.13 bits per heavy atom. The summed E-state index contributed by atoms with van der Waals surface area (Å²) in [5, 5.41) is 3.80. The minimum atomic E-state index is -0.220. The maximum Gasteiger partial charge on any atom is 0.256 e. The minimum Gasteiger partial charge on any atom is -0.306 e. The number of likely N-dealkylation sites (N-methyl/N-ethyl adjacent to an activating group) is 1. The number of anilines is 1. The Bertz CT molecular complexity index is 1280. The molecule has 31 heavy (non-hydrogen) atoms. The van der Waals surface area contributed by atoms with Gasteiger partial charge in [0.1, 0.15) is 5.82 Å². The minimum absolute atomic E-state index is 0.220. The van der Waals surface area contributed by atoms with Crippen molar-refractivity contribution in [1.29, 1.82) is 0 Å². The van der Waals surface area contributed by atoms with E-state index in [0.29, 0.717) is 11.4 Å². The standard InChI is InChI=1S/C23H20N6OS/c1-29-8-5-15(6-9-29)19-10-16(4-7-25-19)23(30)28-22-11-20-17(12-26-22)2-3-18(27-20)21-13-24-14-31-21/h2-5,7,10-14H,6,8-9H2,1H3,(H,26,28,30). The molecule has 5 heterocycles. The average Bonchev–Trinajstić information content (AvgIpc) is 3.34. The lowest BCUT2D eigenvalue weighted by atomic mass is 10.0. The van der Waals surface area contributed by atoms with Crippen LogP contribution in [0.2, 0.25) is 0 Å². The first-order chi connectivity index (χ1) is 15.2. The maximum absolute atomic E-state index is 12.9. The molecule has 0 fully saturated rings. The fourth-order valence-electron chi connectivity index (χ4n) is 3.50. The first-order valence-corrected chi connectivity index (χ1v) is 10.8. The number of amides is 1. The summed E-state index contributed by atoms with van der Waals surface area (Å²) in [5.74, 6) is 0.242. The molecule has 0 unspecified atom stereocenters. The van der Waals surface area contributed by atoms with Gasteiger partial charge in [0.05, 0.1) is 27.3 Å². The van der Waals surface area contributed by atoms with Crippen molar-refractivity contribution < 1.29 is 4.79 Å². The quantitative estimate of drug-likeness (QED) is 0.526. The van der Waals surface area contributed by atoms with Crippen LogP contribution in [0.4, 0.5) is 5.82 Å². The van der Waals surface area contributed by atoms with Gasteiger partial charge < -0.3 is 10.2 Å². The Labute approximate surface area is 183 Å². The van der Waals surface area contributed by atoms with E-state index >= 15 is 0 Å². The molecule has 154 valence electrons. The van der Waals surface area contributed by atoms with Crippen LogP contribution >= 0.6 is 11.3 Å². The molecule has 1 N–H and O–H groups in total. The van der Waals surface area contributed by atoms with Gasteiger partial charge in [-0.15, -0.1) is 11.3 Å². The molecular weight excluding hydrogens is 408 g/mol. The van der Waals surface area contributed by atoms with Crippen molar-refractivity contribution in [2.45, 2.75) is 6.42 Å². The Hall–Kier alpha value is -3.49. The van der Waals surface area contributed by atoms with Crippen molar-refractivity contribution in [2.24, 2.45) is 0 Å². The van der Waals surface area contributed by atoms with Crippen LogP contribution in [-0.2, 0) is 0 Å². The number of nitrogens with one attached hydrogen (secondary N) is 1. The molecule has 1 amide bonds. The van der Waals surface area contributed by atoms with Crippen LogP contribution in [-0.4, -0.2) is 50.9 Å². The topological polar surface area (TPSA) is 83.9 Å². The number of pyridine rings is 3. The zero-order chi connectivity index (χ0) is 21.2. The number of carbonyl (C=O) groups excluding carboxylic acids is 1. The van der Waals surface area contributed by atoms with Crippen LogP contribution in [0.15, 0.2) is 60.5 Å². The third kappa shape index (κ3) is 4.21. The third-order valence-corrected chi connectivity index (χ3v) is 6.06. The first-order valence-electron chi connectivity index (χ1n) is 9.97. The molecule has 0 spiro atoms. The number of carbonyl (C=O) groups is 1. The molecular formula is C23H20N6OS. The Morgan fingerprint density at radius 3 is 2.87 bits per heavy atom. The lowest BCUT2D eigenvalue weighted by Gasteiger charge is -2.21. The molecule has 0 radical (unpaired) electrons. The molecule has 4 aromatic rings. The van der Waals surface area contributed by atoms with E-state index < -0.39 is 0 Å². The highest BCUT2D eigenvalue weighted by Gasteiger charge is 2.14. The van der Waals surface area contributed by atoms with Crippen LogP contribution < -0.4 is 5.32 Å². The second kappa shape index (κ2) is 8.33. The van der Waals surface area contributed by atoms with Gasteiger partial charge in [0.2, 0.25) is 0 Å². The van der Waals surface area contributed by atoms with Crippen molar-refractivity contribution in [3.05, 3.63) is 71.8 Å². The van der Waals surface area contributed by atoms with E-state index in [0.717, 1.165) is 46.7 Å². The Morgan fingerprint density at radius 2 is 2.06 bits per heavy atom. The van der Waals surface area contributed by atoms with Crippen LogP contribution in [0.1, 0.15) is 22.5 Å². The molecule has 7 nitrogen and oxygen atoms in total. The van der Waals surface area contributed by atoms with E-state index in [1.165, 1.54) is 16.9 Å². The van der Waals surface area contributed by atoms with Crippen LogP contribution in [0.25, 0.3) is 27.0 Å². The molecule has 1 aliphatic heterocycles. The van der Waals surface area contributed by atoms with Gasteiger partial charge in [-0.25, -0.2) is 9.97 Å². The molecule has 5 rings (SSSR count). The van der Waals surface area contributed by atoms with Crippen LogP contribution in [0, 0.1) is 0 Å². The fraction of sp³-hybridized carbons (Fsp3) is 0.174. The lowest BCUT2D eigenvalue weighted by Crippen LogP contribution is -2.24. The highest BCUT2D eigenvalue weighted by molar-refractivity contribution is 7.13. The fourth-order valence-corrected chi connectivity index (χ4v) is 4.09. The van der Waals surface area contributed by atoms with Gasteiger partial charge >= 0.3 is 0 Å². The average molecular weight is 429 g/mol. The molecule has 0 aromatic carbocycles. The van der Waals surface area contributed by atoms with Gasteiger partial charge in [-0.1, -0.05) is 6.08 Å². The number of hydrogen-bond acceptors (Lipinski definition) is 7. The largest absolute Gasteiger partial charge is 0.306 e. The number of thiazole rings is 1. The predicted molar refractivity (Wildman–Crippen MR) is 123 cm³/mol. The lowest BCUT2D eigenvalue weighted by molar-refractivity contribution is 0.102. The van der Waals surface area contributed by atoms with E-state index in [9.17, 15) is 4.79 Å². The van der Waals surface area contributed by atoms with Crippen molar-refractivity contribution in [3.63, 3.8) is 0 Å².